The maximum absolute atomic E-state index is 12.5. The zero-order chi connectivity index (χ0) is 22.0. The molecular formula is C22H16BrClN4O3. The first kappa shape index (κ1) is 21.0. The highest BCUT2D eigenvalue weighted by molar-refractivity contribution is 9.10. The average Bonchev–Trinajstić information content (AvgIpc) is 3.23. The first-order valence-electron chi connectivity index (χ1n) is 9.26. The van der Waals surface area contributed by atoms with Crippen molar-refractivity contribution in [2.75, 3.05) is 5.32 Å². The van der Waals surface area contributed by atoms with Gasteiger partial charge in [0, 0.05) is 22.3 Å². The molecular weight excluding hydrogens is 484 g/mol. The van der Waals surface area contributed by atoms with Gasteiger partial charge in [0.15, 0.2) is 0 Å². The number of hydrogen-bond acceptors (Lipinski definition) is 5. The summed E-state index contributed by atoms with van der Waals surface area (Å²) in [6, 6.07) is 15.7. The van der Waals surface area contributed by atoms with Gasteiger partial charge in [0.2, 0.25) is 11.7 Å². The van der Waals surface area contributed by atoms with Gasteiger partial charge in [0.25, 0.3) is 11.4 Å². The third-order valence-corrected chi connectivity index (χ3v) is 5.40. The van der Waals surface area contributed by atoms with E-state index in [1.807, 2.05) is 37.3 Å². The number of anilines is 1. The SMILES string of the molecule is Cc1cccc(Cl)c1NC(=O)Cn1cc(-c2nc(-c3ccc(Br)cc3)no2)ccc1=O. The highest BCUT2D eigenvalue weighted by Crippen LogP contribution is 2.25. The molecule has 0 aliphatic carbocycles. The summed E-state index contributed by atoms with van der Waals surface area (Å²) in [6.07, 6.45) is 1.51. The molecule has 7 nitrogen and oxygen atoms in total. The molecule has 0 spiro atoms. The minimum atomic E-state index is -0.378. The van der Waals surface area contributed by atoms with Gasteiger partial charge < -0.3 is 14.4 Å². The van der Waals surface area contributed by atoms with Gasteiger partial charge in [-0.2, -0.15) is 4.98 Å². The lowest BCUT2D eigenvalue weighted by atomic mass is 10.2. The Morgan fingerprint density at radius 3 is 2.61 bits per heavy atom. The van der Waals surface area contributed by atoms with Crippen LogP contribution in [0.5, 0.6) is 0 Å². The van der Waals surface area contributed by atoms with Crippen LogP contribution >= 0.6 is 27.5 Å². The molecule has 0 atom stereocenters. The predicted octanol–water partition coefficient (Wildman–Crippen LogP) is 4.93. The highest BCUT2D eigenvalue weighted by Gasteiger charge is 2.14. The molecule has 0 unspecified atom stereocenters. The second-order valence-electron chi connectivity index (χ2n) is 6.79. The topological polar surface area (TPSA) is 90.0 Å². The number of nitrogens with zero attached hydrogens (tertiary/aromatic N) is 3. The van der Waals surface area contributed by atoms with E-state index in [-0.39, 0.29) is 23.9 Å². The van der Waals surface area contributed by atoms with Gasteiger partial charge in [-0.25, -0.2) is 0 Å². The summed E-state index contributed by atoms with van der Waals surface area (Å²) in [4.78, 5) is 29.2. The fourth-order valence-corrected chi connectivity index (χ4v) is 3.50. The van der Waals surface area contributed by atoms with Gasteiger partial charge in [-0.05, 0) is 48.9 Å². The van der Waals surface area contributed by atoms with Crippen LogP contribution in [0.1, 0.15) is 5.56 Å². The molecule has 2 aromatic carbocycles. The second-order valence-corrected chi connectivity index (χ2v) is 8.12. The van der Waals surface area contributed by atoms with Crippen LogP contribution in [0.15, 0.2) is 74.6 Å². The molecule has 4 aromatic rings. The monoisotopic (exact) mass is 498 g/mol. The molecule has 0 aliphatic rings. The lowest BCUT2D eigenvalue weighted by Gasteiger charge is -2.11. The lowest BCUT2D eigenvalue weighted by molar-refractivity contribution is -0.116. The van der Waals surface area contributed by atoms with Crippen LogP contribution in [-0.2, 0) is 11.3 Å². The van der Waals surface area contributed by atoms with Crippen LogP contribution in [0.25, 0.3) is 22.8 Å². The molecule has 1 N–H and O–H groups in total. The largest absolute Gasteiger partial charge is 0.334 e. The summed E-state index contributed by atoms with van der Waals surface area (Å²) in [7, 11) is 0. The van der Waals surface area contributed by atoms with Crippen LogP contribution in [0.3, 0.4) is 0 Å². The summed E-state index contributed by atoms with van der Waals surface area (Å²) < 4.78 is 7.58. The smallest absolute Gasteiger partial charge is 0.259 e. The molecule has 0 saturated heterocycles. The number of para-hydroxylation sites is 1. The second kappa shape index (κ2) is 8.87. The number of carbonyl (C=O) groups excluding carboxylic acids is 1. The number of hydrogen-bond donors (Lipinski definition) is 1. The van der Waals surface area contributed by atoms with Crippen LogP contribution in [0, 0.1) is 6.92 Å². The Kier molecular flexibility index (Phi) is 6.01. The third kappa shape index (κ3) is 4.76. The number of aryl methyl sites for hydroxylation is 1. The van der Waals surface area contributed by atoms with Gasteiger partial charge in [-0.15, -0.1) is 0 Å². The summed E-state index contributed by atoms with van der Waals surface area (Å²) in [5.41, 5.74) is 2.34. The summed E-state index contributed by atoms with van der Waals surface area (Å²) in [6.45, 7) is 1.65. The minimum Gasteiger partial charge on any atom is -0.334 e. The zero-order valence-electron chi connectivity index (χ0n) is 16.3. The van der Waals surface area contributed by atoms with Crippen LogP contribution < -0.4 is 10.9 Å². The number of nitrogens with one attached hydrogen (secondary N) is 1. The third-order valence-electron chi connectivity index (χ3n) is 4.56. The normalized spacial score (nSPS) is 10.8. The van der Waals surface area contributed by atoms with E-state index in [1.54, 1.807) is 18.2 Å². The van der Waals surface area contributed by atoms with E-state index < -0.39 is 0 Å². The van der Waals surface area contributed by atoms with Crippen molar-refractivity contribution in [2.45, 2.75) is 13.5 Å². The van der Waals surface area contributed by atoms with Crippen LogP contribution in [-0.4, -0.2) is 20.6 Å². The van der Waals surface area contributed by atoms with Gasteiger partial charge in [0.05, 0.1) is 16.3 Å². The van der Waals surface area contributed by atoms with Gasteiger partial charge in [-0.3, -0.25) is 9.59 Å². The van der Waals surface area contributed by atoms with Crippen molar-refractivity contribution >= 4 is 39.1 Å². The number of amides is 1. The van der Waals surface area contributed by atoms with Gasteiger partial charge in [0.1, 0.15) is 6.54 Å². The van der Waals surface area contributed by atoms with Crippen molar-refractivity contribution in [3.8, 4) is 22.8 Å². The first-order valence-corrected chi connectivity index (χ1v) is 10.4. The number of rotatable bonds is 5. The number of aromatic nitrogens is 3. The molecule has 9 heteroatoms. The van der Waals surface area contributed by atoms with E-state index >= 15 is 0 Å². The predicted molar refractivity (Wildman–Crippen MR) is 122 cm³/mol. The lowest BCUT2D eigenvalue weighted by Crippen LogP contribution is -2.27. The minimum absolute atomic E-state index is 0.189. The Balaban J connectivity index is 1.56. The van der Waals surface area contributed by atoms with Gasteiger partial charge in [-0.1, -0.05) is 44.8 Å². The molecule has 2 heterocycles. The number of benzene rings is 2. The van der Waals surface area contributed by atoms with E-state index in [1.165, 1.54) is 16.8 Å². The van der Waals surface area contributed by atoms with Crippen molar-refractivity contribution in [1.82, 2.24) is 14.7 Å². The van der Waals surface area contributed by atoms with E-state index in [9.17, 15) is 9.59 Å². The highest BCUT2D eigenvalue weighted by atomic mass is 79.9. The average molecular weight is 500 g/mol. The van der Waals surface area contributed by atoms with Crippen molar-refractivity contribution in [1.29, 1.82) is 0 Å². The number of pyridine rings is 1. The number of carbonyl (C=O) groups is 1. The fraction of sp³-hybridized carbons (Fsp3) is 0.0909. The number of halogens is 2. The molecule has 0 fully saturated rings. The molecule has 0 aliphatic heterocycles. The van der Waals surface area contributed by atoms with Crippen molar-refractivity contribution in [2.24, 2.45) is 0 Å². The summed E-state index contributed by atoms with van der Waals surface area (Å²) >= 11 is 9.55. The Hall–Kier alpha value is -3.23. The van der Waals surface area contributed by atoms with Crippen molar-refractivity contribution in [3.63, 3.8) is 0 Å². The van der Waals surface area contributed by atoms with E-state index in [0.29, 0.717) is 22.1 Å². The summed E-state index contributed by atoms with van der Waals surface area (Å²) in [5, 5.41) is 7.19. The maximum atomic E-state index is 12.5. The molecule has 0 saturated carbocycles. The maximum Gasteiger partial charge on any atom is 0.259 e. The molecule has 2 aromatic heterocycles. The molecule has 156 valence electrons. The Bertz CT molecular complexity index is 1290. The Morgan fingerprint density at radius 1 is 1.13 bits per heavy atom. The zero-order valence-corrected chi connectivity index (χ0v) is 18.6. The summed E-state index contributed by atoms with van der Waals surface area (Å²) in [5.74, 6) is 0.290. The van der Waals surface area contributed by atoms with Gasteiger partial charge >= 0.3 is 0 Å². The molecule has 1 amide bonds. The Labute approximate surface area is 190 Å². The van der Waals surface area contributed by atoms with Crippen LogP contribution in [0.2, 0.25) is 5.02 Å². The molecule has 4 rings (SSSR count). The molecule has 0 radical (unpaired) electrons. The fourth-order valence-electron chi connectivity index (χ4n) is 2.96. The molecule has 31 heavy (non-hydrogen) atoms. The van der Waals surface area contributed by atoms with Crippen molar-refractivity contribution in [3.05, 3.63) is 86.2 Å². The van der Waals surface area contributed by atoms with E-state index in [0.717, 1.165) is 15.6 Å². The first-order chi connectivity index (χ1) is 14.9. The quantitative estimate of drug-likeness (QED) is 0.421. The van der Waals surface area contributed by atoms with Crippen LogP contribution in [0.4, 0.5) is 5.69 Å². The van der Waals surface area contributed by atoms with E-state index in [2.05, 4.69) is 31.4 Å². The van der Waals surface area contributed by atoms with E-state index in [4.69, 9.17) is 16.1 Å². The standard InChI is InChI=1S/C22H16BrClN4O3/c1-13-3-2-4-17(24)20(13)25-18(29)12-28-11-15(7-10-19(28)30)22-26-21(27-31-22)14-5-8-16(23)9-6-14/h2-11H,12H2,1H3,(H,25,29). The Morgan fingerprint density at radius 2 is 1.87 bits per heavy atom. The van der Waals surface area contributed by atoms with Crippen molar-refractivity contribution < 1.29 is 9.32 Å². The molecule has 0 bridgehead atoms.